The molecule has 148 valence electrons. The highest BCUT2D eigenvalue weighted by molar-refractivity contribution is 6.42. The summed E-state index contributed by atoms with van der Waals surface area (Å²) < 4.78 is 2.23. The van der Waals surface area contributed by atoms with Crippen molar-refractivity contribution < 1.29 is 0 Å². The van der Waals surface area contributed by atoms with Gasteiger partial charge in [-0.25, -0.2) is 0 Å². The Morgan fingerprint density at radius 3 is 2.50 bits per heavy atom. The van der Waals surface area contributed by atoms with Crippen LogP contribution in [-0.2, 0) is 6.54 Å². The third-order valence-electron chi connectivity index (χ3n) is 5.15. The first kappa shape index (κ1) is 20.6. The Hall–Kier alpha value is -2.70. The number of hydrogen-bond donors (Lipinski definition) is 0. The smallest absolute Gasteiger partial charge is 0.0998 e. The van der Waals surface area contributed by atoms with E-state index in [2.05, 4.69) is 29.7 Å². The Labute approximate surface area is 190 Å². The minimum Gasteiger partial charge on any atom is -0.340 e. The van der Waals surface area contributed by atoms with E-state index in [0.29, 0.717) is 27.2 Å². The Kier molecular flexibility index (Phi) is 5.88. The van der Waals surface area contributed by atoms with E-state index in [0.717, 1.165) is 33.3 Å². The molecule has 5 heteroatoms. The normalized spacial score (nSPS) is 11.6. The first-order chi connectivity index (χ1) is 14.5. The first-order valence-corrected chi connectivity index (χ1v) is 10.5. The van der Waals surface area contributed by atoms with Crippen molar-refractivity contribution in [3.63, 3.8) is 0 Å². The van der Waals surface area contributed by atoms with E-state index in [9.17, 15) is 5.26 Å². The van der Waals surface area contributed by atoms with Crippen LogP contribution in [0.25, 0.3) is 22.6 Å². The van der Waals surface area contributed by atoms with E-state index in [1.54, 1.807) is 12.1 Å². The van der Waals surface area contributed by atoms with Gasteiger partial charge in [0.1, 0.15) is 0 Å². The third-order valence-corrected chi connectivity index (χ3v) is 6.12. The van der Waals surface area contributed by atoms with Crippen molar-refractivity contribution in [2.45, 2.75) is 13.5 Å². The van der Waals surface area contributed by atoms with Gasteiger partial charge in [-0.1, -0.05) is 71.2 Å². The Morgan fingerprint density at radius 2 is 1.77 bits per heavy atom. The molecule has 0 fully saturated rings. The molecule has 0 aliphatic heterocycles. The lowest BCUT2D eigenvalue weighted by atomic mass is 10.0. The summed E-state index contributed by atoms with van der Waals surface area (Å²) >= 11 is 18.4. The fourth-order valence-electron chi connectivity index (χ4n) is 3.64. The summed E-state index contributed by atoms with van der Waals surface area (Å²) in [5.74, 6) is 0. The predicted octanol–water partition coefficient (Wildman–Crippen LogP) is 8.02. The molecule has 3 aromatic carbocycles. The van der Waals surface area contributed by atoms with Crippen molar-refractivity contribution in [3.8, 4) is 6.07 Å². The summed E-state index contributed by atoms with van der Waals surface area (Å²) in [6.45, 7) is 2.71. The number of para-hydroxylation sites is 1. The molecule has 2 nitrogen and oxygen atoms in total. The molecule has 0 bridgehead atoms. The number of nitrogens with zero attached hydrogens (tertiary/aromatic N) is 2. The zero-order chi connectivity index (χ0) is 21.3. The lowest BCUT2D eigenvalue weighted by Gasteiger charge is -2.10. The van der Waals surface area contributed by atoms with Crippen molar-refractivity contribution >= 4 is 57.4 Å². The van der Waals surface area contributed by atoms with Crippen LogP contribution in [0.2, 0.25) is 15.1 Å². The van der Waals surface area contributed by atoms with Crippen molar-refractivity contribution in [2.24, 2.45) is 0 Å². The summed E-state index contributed by atoms with van der Waals surface area (Å²) in [7, 11) is 0. The highest BCUT2D eigenvalue weighted by atomic mass is 35.5. The zero-order valence-corrected chi connectivity index (χ0v) is 18.4. The van der Waals surface area contributed by atoms with Crippen molar-refractivity contribution in [1.82, 2.24) is 4.57 Å². The number of benzene rings is 3. The maximum Gasteiger partial charge on any atom is 0.0998 e. The molecule has 1 heterocycles. The Bertz CT molecular complexity index is 1330. The number of nitriles is 1. The average Bonchev–Trinajstić information content (AvgIpc) is 3.00. The molecule has 0 aliphatic rings. The molecule has 0 saturated carbocycles. The second-order valence-corrected chi connectivity index (χ2v) is 8.28. The number of allylic oxidation sites excluding steroid dienone is 1. The first-order valence-electron chi connectivity index (χ1n) is 9.37. The van der Waals surface area contributed by atoms with Crippen molar-refractivity contribution in [2.75, 3.05) is 0 Å². The van der Waals surface area contributed by atoms with Crippen LogP contribution >= 0.6 is 34.8 Å². The molecule has 0 radical (unpaired) electrons. The van der Waals surface area contributed by atoms with E-state index in [1.165, 1.54) is 0 Å². The molecule has 4 aromatic rings. The molecule has 0 spiro atoms. The minimum absolute atomic E-state index is 0.538. The topological polar surface area (TPSA) is 28.7 Å². The van der Waals surface area contributed by atoms with E-state index < -0.39 is 0 Å². The molecule has 30 heavy (non-hydrogen) atoms. The maximum absolute atomic E-state index is 9.80. The molecule has 0 N–H and O–H groups in total. The van der Waals surface area contributed by atoms with Crippen LogP contribution in [-0.4, -0.2) is 4.57 Å². The molecule has 0 atom stereocenters. The summed E-state index contributed by atoms with van der Waals surface area (Å²) in [5, 5.41) is 12.6. The quantitative estimate of drug-likeness (QED) is 0.289. The van der Waals surface area contributed by atoms with Gasteiger partial charge in [-0.15, -0.1) is 0 Å². The minimum atomic E-state index is 0.538. The van der Waals surface area contributed by atoms with Crippen LogP contribution in [0.3, 0.4) is 0 Å². The summed E-state index contributed by atoms with van der Waals surface area (Å²) in [4.78, 5) is 0. The number of hydrogen-bond acceptors (Lipinski definition) is 1. The van der Waals surface area contributed by atoms with E-state index in [1.807, 2.05) is 48.5 Å². The van der Waals surface area contributed by atoms with E-state index >= 15 is 0 Å². The fraction of sp³-hybridized carbons (Fsp3) is 0.0800. The molecule has 0 unspecified atom stereocenters. The number of aromatic nitrogens is 1. The Balaban J connectivity index is 1.86. The van der Waals surface area contributed by atoms with Gasteiger partial charge in [0.05, 0.1) is 21.7 Å². The van der Waals surface area contributed by atoms with Gasteiger partial charge in [0.2, 0.25) is 0 Å². The lowest BCUT2D eigenvalue weighted by molar-refractivity contribution is 0.804. The Morgan fingerprint density at radius 1 is 0.967 bits per heavy atom. The van der Waals surface area contributed by atoms with Gasteiger partial charge < -0.3 is 4.57 Å². The zero-order valence-electron chi connectivity index (χ0n) is 16.2. The third kappa shape index (κ3) is 3.98. The number of rotatable bonds is 4. The molecule has 4 rings (SSSR count). The maximum atomic E-state index is 9.80. The van der Waals surface area contributed by atoms with Crippen molar-refractivity contribution in [3.05, 3.63) is 104 Å². The van der Waals surface area contributed by atoms with Crippen molar-refractivity contribution in [1.29, 1.82) is 5.26 Å². The lowest BCUT2D eigenvalue weighted by Crippen LogP contribution is -2.02. The summed E-state index contributed by atoms with van der Waals surface area (Å²) in [6, 6.07) is 23.5. The van der Waals surface area contributed by atoms with Gasteiger partial charge in [-0.05, 0) is 54.5 Å². The van der Waals surface area contributed by atoms with Gasteiger partial charge in [-0.2, -0.15) is 5.26 Å². The van der Waals surface area contributed by atoms with Crippen LogP contribution in [0, 0.1) is 18.3 Å². The van der Waals surface area contributed by atoms with Crippen LogP contribution in [0.15, 0.2) is 66.7 Å². The standard InChI is InChI=1S/C25H17Cl3N2/c1-16-22(13-19(14-29)18-5-4-6-20(26)12-18)21-7-2-3-8-25(21)30(16)15-17-9-10-23(27)24(28)11-17/h2-13H,15H2,1H3/b19-13+. The molecule has 1 aromatic heterocycles. The number of halogens is 3. The predicted molar refractivity (Wildman–Crippen MR) is 127 cm³/mol. The summed E-state index contributed by atoms with van der Waals surface area (Å²) in [5.41, 5.74) is 5.60. The van der Waals surface area contributed by atoms with Crippen LogP contribution < -0.4 is 0 Å². The monoisotopic (exact) mass is 450 g/mol. The van der Waals surface area contributed by atoms with Gasteiger partial charge in [-0.3, -0.25) is 0 Å². The largest absolute Gasteiger partial charge is 0.340 e. The highest BCUT2D eigenvalue weighted by Crippen LogP contribution is 2.31. The SMILES string of the molecule is Cc1c(/C=C(\C#N)c2cccc(Cl)c2)c2ccccc2n1Cc1ccc(Cl)c(Cl)c1. The van der Waals surface area contributed by atoms with E-state index in [4.69, 9.17) is 34.8 Å². The fourth-order valence-corrected chi connectivity index (χ4v) is 4.16. The summed E-state index contributed by atoms with van der Waals surface area (Å²) in [6.07, 6.45) is 1.94. The van der Waals surface area contributed by atoms with Crippen LogP contribution in [0.1, 0.15) is 22.4 Å². The second kappa shape index (κ2) is 8.58. The van der Waals surface area contributed by atoms with Crippen LogP contribution in [0.4, 0.5) is 0 Å². The van der Waals surface area contributed by atoms with E-state index in [-0.39, 0.29) is 0 Å². The average molecular weight is 452 g/mol. The molecule has 0 amide bonds. The second-order valence-electron chi connectivity index (χ2n) is 7.03. The van der Waals surface area contributed by atoms with Gasteiger partial charge in [0, 0.05) is 33.7 Å². The van der Waals surface area contributed by atoms with Crippen LogP contribution in [0.5, 0.6) is 0 Å². The number of fused-ring (bicyclic) bond motifs is 1. The molecule has 0 saturated heterocycles. The van der Waals surface area contributed by atoms with Gasteiger partial charge >= 0.3 is 0 Å². The molecular weight excluding hydrogens is 435 g/mol. The van der Waals surface area contributed by atoms with Gasteiger partial charge in [0.25, 0.3) is 0 Å². The van der Waals surface area contributed by atoms with Gasteiger partial charge in [0.15, 0.2) is 0 Å². The molecule has 0 aliphatic carbocycles. The molecular formula is C25H17Cl3N2. The highest BCUT2D eigenvalue weighted by Gasteiger charge is 2.14.